The van der Waals surface area contributed by atoms with Gasteiger partial charge in [-0.15, -0.1) is 11.3 Å². The number of nitrogens with zero attached hydrogens (tertiary/aromatic N) is 1. The number of rotatable bonds is 7. The van der Waals surface area contributed by atoms with Crippen molar-refractivity contribution in [3.8, 4) is 22.8 Å². The first-order chi connectivity index (χ1) is 15.2. The molecule has 0 aliphatic carbocycles. The van der Waals surface area contributed by atoms with Crippen LogP contribution in [0.15, 0.2) is 78.2 Å². The van der Waals surface area contributed by atoms with Gasteiger partial charge in [0, 0.05) is 16.5 Å². The summed E-state index contributed by atoms with van der Waals surface area (Å²) in [6, 6.07) is 23.3. The molecule has 1 heterocycles. The minimum atomic E-state index is -0.176. The summed E-state index contributed by atoms with van der Waals surface area (Å²) in [5.41, 5.74) is 4.29. The van der Waals surface area contributed by atoms with Crippen molar-refractivity contribution in [2.24, 2.45) is 0 Å². The van der Waals surface area contributed by atoms with Gasteiger partial charge < -0.3 is 9.47 Å². The van der Waals surface area contributed by atoms with Crippen molar-refractivity contribution < 1.29 is 14.3 Å². The van der Waals surface area contributed by atoms with Crippen molar-refractivity contribution in [1.29, 1.82) is 0 Å². The molecular formula is C25H22N2O3S. The highest BCUT2D eigenvalue weighted by molar-refractivity contribution is 7.14. The standard InChI is InChI=1S/C25H22N2O3S/c1-29-19-12-13-23(30-2)21(15-19)22-16-31-25(26-22)27-24(28)20-11-7-6-10-18(20)14-17-8-4-3-5-9-17/h3-13,15-16H,14H2,1-2H3,(H,26,27,28). The van der Waals surface area contributed by atoms with Crippen molar-refractivity contribution in [3.63, 3.8) is 0 Å². The van der Waals surface area contributed by atoms with Gasteiger partial charge >= 0.3 is 0 Å². The summed E-state index contributed by atoms with van der Waals surface area (Å²) in [4.78, 5) is 17.6. The molecule has 5 nitrogen and oxygen atoms in total. The lowest BCUT2D eigenvalue weighted by atomic mass is 9.99. The van der Waals surface area contributed by atoms with E-state index in [2.05, 4.69) is 22.4 Å². The second-order valence-corrected chi connectivity index (χ2v) is 7.74. The Balaban J connectivity index is 1.56. The lowest BCUT2D eigenvalue weighted by Gasteiger charge is -2.09. The van der Waals surface area contributed by atoms with E-state index >= 15 is 0 Å². The van der Waals surface area contributed by atoms with Gasteiger partial charge in [-0.25, -0.2) is 4.98 Å². The summed E-state index contributed by atoms with van der Waals surface area (Å²) in [6.45, 7) is 0. The summed E-state index contributed by atoms with van der Waals surface area (Å²) >= 11 is 1.37. The smallest absolute Gasteiger partial charge is 0.257 e. The monoisotopic (exact) mass is 430 g/mol. The number of nitrogens with one attached hydrogen (secondary N) is 1. The molecule has 31 heavy (non-hydrogen) atoms. The van der Waals surface area contributed by atoms with Gasteiger partial charge in [0.25, 0.3) is 5.91 Å². The van der Waals surface area contributed by atoms with E-state index in [1.807, 2.05) is 66.0 Å². The Morgan fingerprint density at radius 3 is 2.52 bits per heavy atom. The Kier molecular flexibility index (Phi) is 6.29. The molecule has 0 saturated carbocycles. The predicted octanol–water partition coefficient (Wildman–Crippen LogP) is 5.67. The molecule has 4 rings (SSSR count). The van der Waals surface area contributed by atoms with E-state index in [-0.39, 0.29) is 5.91 Å². The van der Waals surface area contributed by atoms with E-state index in [0.717, 1.165) is 16.7 Å². The Hall–Kier alpha value is -3.64. The van der Waals surface area contributed by atoms with Crippen LogP contribution in [0.4, 0.5) is 5.13 Å². The third kappa shape index (κ3) is 4.75. The Bertz CT molecular complexity index is 1190. The number of carbonyl (C=O) groups is 1. The van der Waals surface area contributed by atoms with Gasteiger partial charge in [0.05, 0.1) is 19.9 Å². The number of hydrogen-bond donors (Lipinski definition) is 1. The van der Waals surface area contributed by atoms with Gasteiger partial charge in [0.15, 0.2) is 5.13 Å². The summed E-state index contributed by atoms with van der Waals surface area (Å²) in [6.07, 6.45) is 0.689. The van der Waals surface area contributed by atoms with Crippen molar-refractivity contribution in [2.45, 2.75) is 6.42 Å². The van der Waals surface area contributed by atoms with Gasteiger partial charge in [-0.05, 0) is 41.8 Å². The third-order valence-corrected chi connectivity index (χ3v) is 5.66. The molecular weight excluding hydrogens is 408 g/mol. The number of anilines is 1. The van der Waals surface area contributed by atoms with E-state index in [1.165, 1.54) is 11.3 Å². The van der Waals surface area contributed by atoms with E-state index in [9.17, 15) is 4.79 Å². The van der Waals surface area contributed by atoms with Crippen molar-refractivity contribution >= 4 is 22.4 Å². The Morgan fingerprint density at radius 1 is 0.968 bits per heavy atom. The van der Waals surface area contributed by atoms with Crippen LogP contribution >= 0.6 is 11.3 Å². The molecule has 1 aromatic heterocycles. The van der Waals surface area contributed by atoms with Gasteiger partial charge in [0.2, 0.25) is 0 Å². The van der Waals surface area contributed by atoms with Crippen molar-refractivity contribution in [2.75, 3.05) is 19.5 Å². The molecule has 0 bridgehead atoms. The number of ether oxygens (including phenoxy) is 2. The molecule has 1 N–H and O–H groups in total. The van der Waals surface area contributed by atoms with Gasteiger partial charge in [-0.3, -0.25) is 10.1 Å². The summed E-state index contributed by atoms with van der Waals surface area (Å²) < 4.78 is 10.8. The SMILES string of the molecule is COc1ccc(OC)c(-c2csc(NC(=O)c3ccccc3Cc3ccccc3)n2)c1. The highest BCUT2D eigenvalue weighted by atomic mass is 32.1. The van der Waals surface area contributed by atoms with Gasteiger partial charge in [0.1, 0.15) is 11.5 Å². The average molecular weight is 431 g/mol. The summed E-state index contributed by atoms with van der Waals surface area (Å²) in [7, 11) is 3.23. The molecule has 156 valence electrons. The molecule has 0 saturated heterocycles. The minimum Gasteiger partial charge on any atom is -0.497 e. The molecule has 6 heteroatoms. The molecule has 4 aromatic rings. The van der Waals surface area contributed by atoms with Crippen molar-refractivity contribution in [3.05, 3.63) is 94.9 Å². The molecule has 0 aliphatic heterocycles. The van der Waals surface area contributed by atoms with Gasteiger partial charge in [-0.1, -0.05) is 48.5 Å². The van der Waals surface area contributed by atoms with Crippen molar-refractivity contribution in [1.82, 2.24) is 4.98 Å². The maximum absolute atomic E-state index is 13.0. The van der Waals surface area contributed by atoms with Crippen LogP contribution in [0.25, 0.3) is 11.3 Å². The number of aromatic nitrogens is 1. The lowest BCUT2D eigenvalue weighted by Crippen LogP contribution is -2.14. The number of thiazole rings is 1. The number of amides is 1. The average Bonchev–Trinajstić information content (AvgIpc) is 3.28. The summed E-state index contributed by atoms with van der Waals surface area (Å²) in [5.74, 6) is 1.23. The van der Waals surface area contributed by atoms with Crippen LogP contribution in [-0.2, 0) is 6.42 Å². The first-order valence-electron chi connectivity index (χ1n) is 9.79. The first kappa shape index (κ1) is 20.6. The molecule has 0 aliphatic rings. The van der Waals surface area contributed by atoms with Crippen LogP contribution in [0.1, 0.15) is 21.5 Å². The zero-order valence-corrected chi connectivity index (χ0v) is 18.1. The fourth-order valence-corrected chi connectivity index (χ4v) is 4.05. The van der Waals surface area contributed by atoms with Crippen LogP contribution < -0.4 is 14.8 Å². The predicted molar refractivity (Wildman–Crippen MR) is 124 cm³/mol. The van der Waals surface area contributed by atoms with Crippen LogP contribution in [0.5, 0.6) is 11.5 Å². The second kappa shape index (κ2) is 9.45. The van der Waals surface area contributed by atoms with Crippen LogP contribution in [-0.4, -0.2) is 25.1 Å². The maximum Gasteiger partial charge on any atom is 0.257 e. The Morgan fingerprint density at radius 2 is 1.74 bits per heavy atom. The zero-order chi connectivity index (χ0) is 21.6. The fraction of sp³-hybridized carbons (Fsp3) is 0.120. The Labute approximate surface area is 185 Å². The first-order valence-corrected chi connectivity index (χ1v) is 10.7. The lowest BCUT2D eigenvalue weighted by molar-refractivity contribution is 0.102. The minimum absolute atomic E-state index is 0.176. The summed E-state index contributed by atoms with van der Waals surface area (Å²) in [5, 5.41) is 5.36. The number of benzene rings is 3. The molecule has 1 amide bonds. The van der Waals surface area contributed by atoms with E-state index in [4.69, 9.17) is 9.47 Å². The van der Waals surface area contributed by atoms with Gasteiger partial charge in [-0.2, -0.15) is 0 Å². The molecule has 0 fully saturated rings. The zero-order valence-electron chi connectivity index (χ0n) is 17.3. The molecule has 0 atom stereocenters. The second-order valence-electron chi connectivity index (χ2n) is 6.88. The number of carbonyl (C=O) groups excluding carboxylic acids is 1. The van der Waals surface area contributed by atoms with E-state index in [0.29, 0.717) is 34.3 Å². The topological polar surface area (TPSA) is 60.5 Å². The highest BCUT2D eigenvalue weighted by Gasteiger charge is 2.16. The van der Waals surface area contributed by atoms with Crippen LogP contribution in [0.2, 0.25) is 0 Å². The van der Waals surface area contributed by atoms with Crippen LogP contribution in [0.3, 0.4) is 0 Å². The van der Waals surface area contributed by atoms with Crippen LogP contribution in [0, 0.1) is 0 Å². The number of hydrogen-bond acceptors (Lipinski definition) is 5. The van der Waals surface area contributed by atoms with E-state index in [1.54, 1.807) is 14.2 Å². The maximum atomic E-state index is 13.0. The third-order valence-electron chi connectivity index (χ3n) is 4.91. The normalized spacial score (nSPS) is 10.5. The number of methoxy groups -OCH3 is 2. The quantitative estimate of drug-likeness (QED) is 0.410. The van der Waals surface area contributed by atoms with E-state index < -0.39 is 0 Å². The molecule has 0 unspecified atom stereocenters. The highest BCUT2D eigenvalue weighted by Crippen LogP contribution is 2.35. The molecule has 0 spiro atoms. The largest absolute Gasteiger partial charge is 0.497 e. The fourth-order valence-electron chi connectivity index (χ4n) is 3.35. The molecule has 3 aromatic carbocycles. The molecule has 0 radical (unpaired) electrons.